The summed E-state index contributed by atoms with van der Waals surface area (Å²) in [6, 6.07) is 26.4. The molecule has 0 saturated carbocycles. The third-order valence-corrected chi connectivity index (χ3v) is 8.72. The Morgan fingerprint density at radius 2 is 0.975 bits per heavy atom. The van der Waals surface area contributed by atoms with Crippen LogP contribution in [0.4, 0.5) is 11.4 Å². The maximum Gasteiger partial charge on any atom is 0.206 e. The van der Waals surface area contributed by atoms with Gasteiger partial charge >= 0.3 is 0 Å². The van der Waals surface area contributed by atoms with Crippen LogP contribution in [0.25, 0.3) is 0 Å². The van der Waals surface area contributed by atoms with Crippen molar-refractivity contribution in [3.8, 4) is 11.5 Å². The summed E-state index contributed by atoms with van der Waals surface area (Å²) in [5.74, 6) is 1.81. The minimum atomic E-state index is -3.64. The van der Waals surface area contributed by atoms with E-state index in [1.807, 2.05) is 62.4 Å². The fraction of sp³-hybridized carbons (Fsp3) is 0.273. The Bertz CT molecular complexity index is 1450. The minimum Gasteiger partial charge on any atom is -0.473 e. The molecule has 0 aliphatic carbocycles. The highest BCUT2D eigenvalue weighted by Gasteiger charge is 2.22. The van der Waals surface area contributed by atoms with Gasteiger partial charge in [0.05, 0.1) is 9.79 Å². The van der Waals surface area contributed by atoms with E-state index in [1.165, 1.54) is 11.1 Å². The average molecular weight is 559 g/mol. The molecule has 7 heteroatoms. The van der Waals surface area contributed by atoms with Crippen molar-refractivity contribution in [1.82, 2.24) is 0 Å². The Kier molecular flexibility index (Phi) is 8.74. The first-order chi connectivity index (χ1) is 18.9. The highest BCUT2D eigenvalue weighted by atomic mass is 32.2. The summed E-state index contributed by atoms with van der Waals surface area (Å²) in [4.78, 5) is 4.72. The molecule has 210 valence electrons. The highest BCUT2D eigenvalue weighted by Crippen LogP contribution is 2.32. The second-order valence-electron chi connectivity index (χ2n) is 9.66. The molecule has 0 aromatic heterocycles. The van der Waals surface area contributed by atoms with Gasteiger partial charge in [-0.2, -0.15) is 0 Å². The zero-order chi connectivity index (χ0) is 27.6. The van der Waals surface area contributed by atoms with Gasteiger partial charge in [-0.3, -0.25) is 0 Å². The van der Waals surface area contributed by atoms with Gasteiger partial charge in [-0.1, -0.05) is 56.7 Å². The molecule has 0 amide bonds. The second-order valence-corrected chi connectivity index (χ2v) is 11.6. The molecule has 2 heterocycles. The van der Waals surface area contributed by atoms with Crippen LogP contribution >= 0.6 is 0 Å². The van der Waals surface area contributed by atoms with E-state index in [2.05, 4.69) is 35.8 Å². The summed E-state index contributed by atoms with van der Waals surface area (Å²) in [7, 11) is -3.64. The number of benzene rings is 4. The van der Waals surface area contributed by atoms with Crippen LogP contribution in [0.1, 0.15) is 43.5 Å². The fourth-order valence-corrected chi connectivity index (χ4v) is 6.14. The normalized spacial score (nSPS) is 13.9. The van der Waals surface area contributed by atoms with E-state index < -0.39 is 9.84 Å². The summed E-state index contributed by atoms with van der Waals surface area (Å²) in [6.45, 7) is 10.4. The van der Waals surface area contributed by atoms with E-state index in [0.717, 1.165) is 47.1 Å². The molecule has 0 bridgehead atoms. The Morgan fingerprint density at radius 1 is 0.600 bits per heavy atom. The molecular weight excluding hydrogens is 520 g/mol. The van der Waals surface area contributed by atoms with Crippen LogP contribution in [-0.2, 0) is 22.9 Å². The number of anilines is 2. The van der Waals surface area contributed by atoms with E-state index in [9.17, 15) is 8.42 Å². The van der Waals surface area contributed by atoms with Gasteiger partial charge in [0.15, 0.2) is 13.5 Å². The topological polar surface area (TPSA) is 59.1 Å². The van der Waals surface area contributed by atoms with Crippen molar-refractivity contribution in [3.05, 3.63) is 107 Å². The summed E-state index contributed by atoms with van der Waals surface area (Å²) < 4.78 is 38.5. The monoisotopic (exact) mass is 558 g/mol. The van der Waals surface area contributed by atoms with Gasteiger partial charge in [0.1, 0.15) is 11.5 Å². The Hall–Kier alpha value is -3.97. The summed E-state index contributed by atoms with van der Waals surface area (Å²) in [5.41, 5.74) is 6.46. The van der Waals surface area contributed by atoms with E-state index in [-0.39, 0.29) is 17.2 Å². The van der Waals surface area contributed by atoms with E-state index >= 15 is 0 Å². The molecule has 0 fully saturated rings. The maximum absolute atomic E-state index is 13.3. The van der Waals surface area contributed by atoms with Gasteiger partial charge in [0.2, 0.25) is 9.84 Å². The van der Waals surface area contributed by atoms with Crippen molar-refractivity contribution in [2.75, 3.05) is 23.3 Å². The van der Waals surface area contributed by atoms with Crippen LogP contribution < -0.4 is 19.3 Å². The van der Waals surface area contributed by atoms with Crippen molar-refractivity contribution in [2.45, 2.75) is 58.0 Å². The van der Waals surface area contributed by atoms with Gasteiger partial charge in [-0.25, -0.2) is 8.42 Å². The molecule has 6 rings (SSSR count). The first-order valence-electron chi connectivity index (χ1n) is 13.3. The smallest absolute Gasteiger partial charge is 0.206 e. The van der Waals surface area contributed by atoms with Crippen LogP contribution in [0.3, 0.4) is 0 Å². The number of aryl methyl sites for hydroxylation is 2. The predicted molar refractivity (Wildman–Crippen MR) is 162 cm³/mol. The summed E-state index contributed by atoms with van der Waals surface area (Å²) in [6.07, 6.45) is 0. The molecular formula is C33H38N2O4S. The lowest BCUT2D eigenvalue weighted by Gasteiger charge is -2.31. The van der Waals surface area contributed by atoms with Crippen LogP contribution in [0.5, 0.6) is 11.5 Å². The van der Waals surface area contributed by atoms with Crippen molar-refractivity contribution in [2.24, 2.45) is 0 Å². The Labute approximate surface area is 238 Å². The molecule has 4 aromatic carbocycles. The number of hydrogen-bond acceptors (Lipinski definition) is 6. The third-order valence-electron chi connectivity index (χ3n) is 6.93. The van der Waals surface area contributed by atoms with Crippen molar-refractivity contribution < 1.29 is 17.9 Å². The third kappa shape index (κ3) is 5.80. The minimum absolute atomic E-state index is 0. The SMILES string of the molecule is C.CC.Cc1ccc2c(c1)CN(c1ccc(S(=O)(=O)c3ccc(N4COc5ccc(C)cc5C4)cc3)cc1)CO2. The molecule has 0 atom stereocenters. The zero-order valence-electron chi connectivity index (χ0n) is 22.8. The van der Waals surface area contributed by atoms with Crippen molar-refractivity contribution in [1.29, 1.82) is 0 Å². The number of fused-ring (bicyclic) bond motifs is 2. The molecule has 0 radical (unpaired) electrons. The lowest BCUT2D eigenvalue weighted by atomic mass is 10.1. The second kappa shape index (κ2) is 12.0. The number of rotatable bonds is 4. The van der Waals surface area contributed by atoms with Gasteiger partial charge in [-0.15, -0.1) is 0 Å². The van der Waals surface area contributed by atoms with Crippen LogP contribution in [0.15, 0.2) is 94.7 Å². The van der Waals surface area contributed by atoms with Crippen LogP contribution in [-0.4, -0.2) is 21.9 Å². The van der Waals surface area contributed by atoms with Crippen molar-refractivity contribution in [3.63, 3.8) is 0 Å². The number of sulfone groups is 1. The lowest BCUT2D eigenvalue weighted by molar-refractivity contribution is 0.289. The molecule has 0 spiro atoms. The predicted octanol–water partition coefficient (Wildman–Crippen LogP) is 7.51. The summed E-state index contributed by atoms with van der Waals surface area (Å²) >= 11 is 0. The zero-order valence-corrected chi connectivity index (χ0v) is 23.7. The van der Waals surface area contributed by atoms with Gasteiger partial charge in [0, 0.05) is 35.6 Å². The van der Waals surface area contributed by atoms with Gasteiger partial charge in [-0.05, 0) is 74.5 Å². The maximum atomic E-state index is 13.3. The van der Waals surface area contributed by atoms with Gasteiger partial charge < -0.3 is 19.3 Å². The molecule has 2 aliphatic heterocycles. The summed E-state index contributed by atoms with van der Waals surface area (Å²) in [5, 5.41) is 0. The lowest BCUT2D eigenvalue weighted by Crippen LogP contribution is -2.31. The molecule has 2 aliphatic rings. The van der Waals surface area contributed by atoms with Crippen LogP contribution in [0.2, 0.25) is 0 Å². The first kappa shape index (κ1) is 29.0. The van der Waals surface area contributed by atoms with E-state index in [0.29, 0.717) is 13.5 Å². The van der Waals surface area contributed by atoms with Crippen molar-refractivity contribution >= 4 is 21.2 Å². The number of nitrogens with zero attached hydrogens (tertiary/aromatic N) is 2. The fourth-order valence-electron chi connectivity index (χ4n) is 4.88. The Morgan fingerprint density at radius 3 is 1.35 bits per heavy atom. The first-order valence-corrected chi connectivity index (χ1v) is 14.7. The molecule has 40 heavy (non-hydrogen) atoms. The molecule has 0 N–H and O–H groups in total. The molecule has 0 saturated heterocycles. The van der Waals surface area contributed by atoms with E-state index in [4.69, 9.17) is 9.47 Å². The van der Waals surface area contributed by atoms with E-state index in [1.54, 1.807) is 24.3 Å². The van der Waals surface area contributed by atoms with Gasteiger partial charge in [0.25, 0.3) is 0 Å². The molecule has 4 aromatic rings. The number of ether oxygens (including phenoxy) is 2. The highest BCUT2D eigenvalue weighted by molar-refractivity contribution is 7.91. The van der Waals surface area contributed by atoms with Crippen LogP contribution in [0, 0.1) is 13.8 Å². The average Bonchev–Trinajstić information content (AvgIpc) is 2.97. The molecule has 6 nitrogen and oxygen atoms in total. The standard InChI is InChI=1S/C30H28N2O4S.C2H6.CH4/c1-21-3-13-29-23(15-21)17-31(19-35-29)25-5-9-27(10-6-25)37(33,34)28-11-7-26(8-12-28)32-18-24-16-22(2)4-14-30(24)36-20-32;1-2;/h3-16H,17-20H2,1-2H3;1-2H3;1H4. The number of hydrogen-bond donors (Lipinski definition) is 0. The quantitative estimate of drug-likeness (QED) is 0.258. The molecule has 0 unspecified atom stereocenters. The largest absolute Gasteiger partial charge is 0.473 e. The Balaban J connectivity index is 0.00000121.